The Morgan fingerprint density at radius 3 is 1.76 bits per heavy atom. The third kappa shape index (κ3) is 25.1. The predicted molar refractivity (Wildman–Crippen MR) is 146 cm³/mol. The molecule has 0 bridgehead atoms. The molecule has 0 saturated heterocycles. The first-order chi connectivity index (χ1) is 17.5. The van der Waals surface area contributed by atoms with Gasteiger partial charge in [-0.2, -0.15) is 0 Å². The second kappa shape index (κ2) is 21.9. The van der Waals surface area contributed by atoms with Crippen LogP contribution in [0, 0.1) is 0 Å². The van der Waals surface area contributed by atoms with E-state index in [4.69, 9.17) is 18.5 Å². The molecule has 0 amide bonds. The maximum Gasteiger partial charge on any atom is 0.472 e. The molecule has 9 nitrogen and oxygen atoms in total. The summed E-state index contributed by atoms with van der Waals surface area (Å²) in [5.74, 6) is -0.896. The molecule has 10 heteroatoms. The Balaban J connectivity index is 4.17. The second-order valence-electron chi connectivity index (χ2n) is 10.8. The van der Waals surface area contributed by atoms with Gasteiger partial charge in [-0.15, -0.1) is 0 Å². The van der Waals surface area contributed by atoms with E-state index >= 15 is 0 Å². The molecule has 0 aliphatic rings. The van der Waals surface area contributed by atoms with Crippen molar-refractivity contribution in [2.45, 2.75) is 116 Å². The lowest BCUT2D eigenvalue weighted by Gasteiger charge is -2.24. The molecule has 0 rings (SSSR count). The van der Waals surface area contributed by atoms with Crippen LogP contribution in [0.1, 0.15) is 110 Å². The van der Waals surface area contributed by atoms with Crippen LogP contribution < -0.4 is 0 Å². The number of rotatable bonds is 25. The van der Waals surface area contributed by atoms with E-state index in [-0.39, 0.29) is 26.1 Å². The summed E-state index contributed by atoms with van der Waals surface area (Å²) in [5.41, 5.74) is 0. The number of hydrogen-bond acceptors (Lipinski definition) is 7. The van der Waals surface area contributed by atoms with Crippen molar-refractivity contribution in [2.24, 2.45) is 0 Å². The van der Waals surface area contributed by atoms with Gasteiger partial charge < -0.3 is 18.9 Å². The normalized spacial score (nSPS) is 14.2. The van der Waals surface area contributed by atoms with Crippen LogP contribution in [0.4, 0.5) is 0 Å². The first-order valence-corrected chi connectivity index (χ1v) is 15.8. The second-order valence-corrected chi connectivity index (χ2v) is 12.2. The van der Waals surface area contributed by atoms with Gasteiger partial charge in [0.2, 0.25) is 0 Å². The highest BCUT2D eigenvalue weighted by Crippen LogP contribution is 2.43. The summed E-state index contributed by atoms with van der Waals surface area (Å²) < 4.78 is 33.1. The smallest absolute Gasteiger partial charge is 0.462 e. The monoisotopic (exact) mass is 552 g/mol. The van der Waals surface area contributed by atoms with Gasteiger partial charge in [-0.3, -0.25) is 18.6 Å². The molecule has 220 valence electrons. The molecule has 1 N–H and O–H groups in total. The number of likely N-dealkylation sites (N-methyl/N-ethyl adjacent to an activating group) is 1. The lowest BCUT2D eigenvalue weighted by atomic mass is 10.0. The third-order valence-electron chi connectivity index (χ3n) is 5.94. The highest BCUT2D eigenvalue weighted by Gasteiger charge is 2.26. The van der Waals surface area contributed by atoms with E-state index < -0.39 is 32.5 Å². The molecule has 0 radical (unpaired) electrons. The van der Waals surface area contributed by atoms with Gasteiger partial charge in [-0.1, -0.05) is 90.9 Å². The number of phosphoric acid groups is 1. The number of esters is 2. The topological polar surface area (TPSA) is 108 Å². The van der Waals surface area contributed by atoms with Crippen molar-refractivity contribution < 1.29 is 42.1 Å². The van der Waals surface area contributed by atoms with Crippen LogP contribution in [0.15, 0.2) is 0 Å². The minimum absolute atomic E-state index is 0.0333. The fourth-order valence-electron chi connectivity index (χ4n) is 3.58. The van der Waals surface area contributed by atoms with Crippen LogP contribution in [0.25, 0.3) is 0 Å². The largest absolute Gasteiger partial charge is 0.472 e. The summed E-state index contributed by atoms with van der Waals surface area (Å²) in [6.45, 7) is 3.80. The molecule has 0 saturated carbocycles. The summed E-state index contributed by atoms with van der Waals surface area (Å²) in [4.78, 5) is 33.7. The highest BCUT2D eigenvalue weighted by atomic mass is 31.2. The molecule has 2 atom stereocenters. The summed E-state index contributed by atoms with van der Waals surface area (Å²) in [5, 5.41) is 0. The molecule has 37 heavy (non-hydrogen) atoms. The van der Waals surface area contributed by atoms with E-state index in [0.29, 0.717) is 17.4 Å². The molecule has 0 aromatic rings. The molecule has 0 aromatic carbocycles. The standard InChI is InChI=1S/C27H54NO8P/c1-6-8-9-10-11-12-13-14-15-16-17-18-19-20-27(30)36-25(23-33-26(29)7-2)24-35-37(31,32)34-22-21-28(3,4)5/h25H,6-24H2,1-5H3/p+1. The Labute approximate surface area is 225 Å². The van der Waals surface area contributed by atoms with Gasteiger partial charge in [0.25, 0.3) is 0 Å². The predicted octanol–water partition coefficient (Wildman–Crippen LogP) is 6.17. The number of phosphoric ester groups is 1. The molecule has 0 spiro atoms. The summed E-state index contributed by atoms with van der Waals surface area (Å²) in [6.07, 6.45) is 15.2. The first kappa shape index (κ1) is 36.0. The minimum atomic E-state index is -4.32. The van der Waals surface area contributed by atoms with Crippen LogP contribution in [0.3, 0.4) is 0 Å². The average molecular weight is 553 g/mol. The van der Waals surface area contributed by atoms with Crippen molar-refractivity contribution in [1.82, 2.24) is 0 Å². The van der Waals surface area contributed by atoms with Gasteiger partial charge in [0.15, 0.2) is 6.10 Å². The van der Waals surface area contributed by atoms with Crippen molar-refractivity contribution in [2.75, 3.05) is 47.5 Å². The molecule has 0 fully saturated rings. The Morgan fingerprint density at radius 2 is 1.27 bits per heavy atom. The quantitative estimate of drug-likeness (QED) is 0.0620. The van der Waals surface area contributed by atoms with E-state index in [1.165, 1.54) is 64.2 Å². The number of quaternary nitrogens is 1. The van der Waals surface area contributed by atoms with Crippen molar-refractivity contribution >= 4 is 19.8 Å². The number of ether oxygens (including phenoxy) is 2. The van der Waals surface area contributed by atoms with Crippen LogP contribution in [-0.2, 0) is 32.7 Å². The van der Waals surface area contributed by atoms with E-state index in [9.17, 15) is 19.0 Å². The lowest BCUT2D eigenvalue weighted by molar-refractivity contribution is -0.870. The van der Waals surface area contributed by atoms with Crippen LogP contribution in [0.2, 0.25) is 0 Å². The van der Waals surface area contributed by atoms with Crippen LogP contribution in [0.5, 0.6) is 0 Å². The van der Waals surface area contributed by atoms with Gasteiger partial charge in [0.1, 0.15) is 19.8 Å². The summed E-state index contributed by atoms with van der Waals surface area (Å²) in [7, 11) is 1.47. The first-order valence-electron chi connectivity index (χ1n) is 14.3. The van der Waals surface area contributed by atoms with Gasteiger partial charge in [-0.25, -0.2) is 4.57 Å². The lowest BCUT2D eigenvalue weighted by Crippen LogP contribution is -2.37. The number of carbonyl (C=O) groups is 2. The molecular weight excluding hydrogens is 497 g/mol. The zero-order chi connectivity index (χ0) is 28.0. The average Bonchev–Trinajstić information content (AvgIpc) is 2.82. The number of carbonyl (C=O) groups excluding carboxylic acids is 2. The molecule has 0 aliphatic carbocycles. The fraction of sp³-hybridized carbons (Fsp3) is 0.926. The zero-order valence-corrected chi connectivity index (χ0v) is 25.1. The molecule has 0 aliphatic heterocycles. The number of hydrogen-bond donors (Lipinski definition) is 1. The Hall–Kier alpha value is -0.990. The van der Waals surface area contributed by atoms with E-state index in [2.05, 4.69) is 6.92 Å². The van der Waals surface area contributed by atoms with E-state index in [1.807, 2.05) is 21.1 Å². The van der Waals surface area contributed by atoms with E-state index in [0.717, 1.165) is 12.8 Å². The van der Waals surface area contributed by atoms with Gasteiger partial charge in [-0.05, 0) is 6.42 Å². The van der Waals surface area contributed by atoms with Crippen molar-refractivity contribution in [1.29, 1.82) is 0 Å². The molecule has 0 heterocycles. The summed E-state index contributed by atoms with van der Waals surface area (Å²) >= 11 is 0. The van der Waals surface area contributed by atoms with Gasteiger partial charge in [0, 0.05) is 12.8 Å². The highest BCUT2D eigenvalue weighted by molar-refractivity contribution is 7.47. The molecule has 2 unspecified atom stereocenters. The number of unbranched alkanes of at least 4 members (excludes halogenated alkanes) is 12. The van der Waals surface area contributed by atoms with Crippen LogP contribution >= 0.6 is 7.82 Å². The van der Waals surface area contributed by atoms with Crippen molar-refractivity contribution in [3.05, 3.63) is 0 Å². The summed E-state index contributed by atoms with van der Waals surface area (Å²) in [6, 6.07) is 0. The fourth-order valence-corrected chi connectivity index (χ4v) is 4.32. The zero-order valence-electron chi connectivity index (χ0n) is 24.2. The number of nitrogens with zero attached hydrogens (tertiary/aromatic N) is 1. The van der Waals surface area contributed by atoms with Gasteiger partial charge >= 0.3 is 19.8 Å². The van der Waals surface area contributed by atoms with Crippen molar-refractivity contribution in [3.63, 3.8) is 0 Å². The van der Waals surface area contributed by atoms with Crippen molar-refractivity contribution in [3.8, 4) is 0 Å². The Kier molecular flexibility index (Phi) is 21.3. The molecule has 0 aromatic heterocycles. The molecular formula is C27H55NO8P+. The Bertz CT molecular complexity index is 638. The van der Waals surface area contributed by atoms with Crippen LogP contribution in [-0.4, -0.2) is 74.9 Å². The maximum atomic E-state index is 12.3. The van der Waals surface area contributed by atoms with E-state index in [1.54, 1.807) is 6.92 Å². The third-order valence-corrected chi connectivity index (χ3v) is 6.93. The Morgan fingerprint density at radius 1 is 0.757 bits per heavy atom. The van der Waals surface area contributed by atoms with Gasteiger partial charge in [0.05, 0.1) is 27.7 Å². The maximum absolute atomic E-state index is 12.3. The minimum Gasteiger partial charge on any atom is -0.462 e. The SMILES string of the molecule is CCCCCCCCCCCCCCCC(=O)OC(COC(=O)CC)COP(=O)(O)OCC[N+](C)(C)C.